The van der Waals surface area contributed by atoms with Crippen molar-refractivity contribution in [2.24, 2.45) is 0 Å². The van der Waals surface area contributed by atoms with Gasteiger partial charge in [-0.25, -0.2) is 17.2 Å². The van der Waals surface area contributed by atoms with Gasteiger partial charge in [-0.2, -0.15) is 17.5 Å². The number of nitrogens with zero attached hydrogens (tertiary/aromatic N) is 2. The summed E-state index contributed by atoms with van der Waals surface area (Å²) in [6.45, 7) is 1.55. The van der Waals surface area contributed by atoms with Crippen LogP contribution >= 0.6 is 0 Å². The quantitative estimate of drug-likeness (QED) is 0.553. The van der Waals surface area contributed by atoms with Gasteiger partial charge in [-0.05, 0) is 47.4 Å². The number of hydrogen-bond donors (Lipinski definition) is 0. The number of hydrogen-bond acceptors (Lipinski definition) is 4. The fourth-order valence-corrected chi connectivity index (χ4v) is 4.79. The molecule has 0 aliphatic carbocycles. The summed E-state index contributed by atoms with van der Waals surface area (Å²) >= 11 is 0. The summed E-state index contributed by atoms with van der Waals surface area (Å²) < 4.78 is 97.2. The fourth-order valence-electron chi connectivity index (χ4n) is 4.02. The van der Waals surface area contributed by atoms with Crippen molar-refractivity contribution in [3.63, 3.8) is 0 Å². The number of likely N-dealkylation sites (tertiary alicyclic amines) is 1. The van der Waals surface area contributed by atoms with Gasteiger partial charge in [0.2, 0.25) is 10.0 Å². The molecule has 0 saturated carbocycles. The molecule has 34 heavy (non-hydrogen) atoms. The van der Waals surface area contributed by atoms with Gasteiger partial charge in [0.1, 0.15) is 6.10 Å². The molecule has 4 rings (SSSR count). The van der Waals surface area contributed by atoms with E-state index in [0.717, 1.165) is 18.4 Å². The summed E-state index contributed by atoms with van der Waals surface area (Å²) in [4.78, 5) is 1.90. The van der Waals surface area contributed by atoms with Gasteiger partial charge < -0.3 is 4.74 Å². The minimum absolute atomic E-state index is 0.145. The Balaban J connectivity index is 1.34. The van der Waals surface area contributed by atoms with E-state index in [-0.39, 0.29) is 13.1 Å². The molecule has 1 saturated heterocycles. The molecular formula is C23H23F5N2O3S. The molecule has 2 aliphatic heterocycles. The van der Waals surface area contributed by atoms with Crippen molar-refractivity contribution >= 4 is 15.6 Å². The molecule has 0 atom stereocenters. The zero-order valence-corrected chi connectivity index (χ0v) is 19.1. The third-order valence-electron chi connectivity index (χ3n) is 5.91. The van der Waals surface area contributed by atoms with Crippen LogP contribution in [0.15, 0.2) is 42.5 Å². The molecule has 0 bridgehead atoms. The first-order chi connectivity index (χ1) is 15.9. The van der Waals surface area contributed by atoms with Crippen LogP contribution in [0, 0.1) is 11.6 Å². The highest BCUT2D eigenvalue weighted by Gasteiger charge is 2.32. The van der Waals surface area contributed by atoms with Crippen molar-refractivity contribution in [2.75, 3.05) is 32.4 Å². The van der Waals surface area contributed by atoms with E-state index in [9.17, 15) is 30.4 Å². The first kappa shape index (κ1) is 24.6. The predicted octanol–water partition coefficient (Wildman–Crippen LogP) is 4.30. The van der Waals surface area contributed by atoms with E-state index in [4.69, 9.17) is 4.74 Å². The van der Waals surface area contributed by atoms with Crippen molar-refractivity contribution in [3.8, 4) is 5.75 Å². The minimum Gasteiger partial charge on any atom is -0.482 e. The van der Waals surface area contributed by atoms with Crippen molar-refractivity contribution in [1.82, 2.24) is 9.21 Å². The maximum absolute atomic E-state index is 14.6. The smallest absolute Gasteiger partial charge is 0.416 e. The molecule has 0 amide bonds. The second-order valence-electron chi connectivity index (χ2n) is 8.50. The summed E-state index contributed by atoms with van der Waals surface area (Å²) in [5.74, 6) is -2.16. The van der Waals surface area contributed by atoms with Gasteiger partial charge in [-0.15, -0.1) is 0 Å². The molecule has 2 aromatic carbocycles. The van der Waals surface area contributed by atoms with Crippen LogP contribution in [0.1, 0.15) is 23.1 Å². The van der Waals surface area contributed by atoms with Gasteiger partial charge in [0.25, 0.3) is 0 Å². The van der Waals surface area contributed by atoms with Crippen molar-refractivity contribution in [3.05, 3.63) is 70.8 Å². The van der Waals surface area contributed by atoms with E-state index in [1.54, 1.807) is 6.08 Å². The van der Waals surface area contributed by atoms with Crippen LogP contribution in [-0.4, -0.2) is 56.2 Å². The summed E-state index contributed by atoms with van der Waals surface area (Å²) in [6, 6.07) is 7.22. The highest BCUT2D eigenvalue weighted by atomic mass is 32.2. The van der Waals surface area contributed by atoms with Gasteiger partial charge in [-0.3, -0.25) is 4.90 Å². The van der Waals surface area contributed by atoms with Crippen LogP contribution in [0.4, 0.5) is 22.0 Å². The molecule has 2 heterocycles. The summed E-state index contributed by atoms with van der Waals surface area (Å²) in [5.41, 5.74) is 0.985. The Morgan fingerprint density at radius 2 is 1.68 bits per heavy atom. The Morgan fingerprint density at radius 3 is 2.18 bits per heavy atom. The molecule has 0 spiro atoms. The second-order valence-corrected chi connectivity index (χ2v) is 10.5. The van der Waals surface area contributed by atoms with Crippen molar-refractivity contribution < 1.29 is 35.1 Å². The maximum Gasteiger partial charge on any atom is 0.416 e. The average molecular weight is 503 g/mol. The number of sulfonamides is 1. The van der Waals surface area contributed by atoms with Gasteiger partial charge in [0.15, 0.2) is 17.4 Å². The SMILES string of the molecule is CS(=O)(=O)N1CC=C(c2cc(F)c(OC3CN(Cc4ccc(C(F)(F)F)cc4)C3)c(F)c2)CC1. The monoisotopic (exact) mass is 502 g/mol. The van der Waals surface area contributed by atoms with Gasteiger partial charge in [0.05, 0.1) is 11.8 Å². The first-order valence-electron chi connectivity index (χ1n) is 10.6. The average Bonchev–Trinajstić information content (AvgIpc) is 2.73. The van der Waals surface area contributed by atoms with Crippen LogP contribution < -0.4 is 4.74 Å². The van der Waals surface area contributed by atoms with E-state index in [0.29, 0.717) is 42.8 Å². The van der Waals surface area contributed by atoms with E-state index >= 15 is 0 Å². The van der Waals surface area contributed by atoms with Crippen molar-refractivity contribution in [1.29, 1.82) is 0 Å². The normalized spacial score (nSPS) is 18.5. The molecule has 2 aromatic rings. The molecule has 11 heteroatoms. The highest BCUT2D eigenvalue weighted by molar-refractivity contribution is 7.88. The van der Waals surface area contributed by atoms with Crippen LogP contribution in [-0.2, 0) is 22.7 Å². The van der Waals surface area contributed by atoms with Gasteiger partial charge in [-0.1, -0.05) is 18.2 Å². The van der Waals surface area contributed by atoms with Gasteiger partial charge >= 0.3 is 6.18 Å². The summed E-state index contributed by atoms with van der Waals surface area (Å²) in [5, 5.41) is 0. The number of ether oxygens (including phenoxy) is 1. The molecule has 1 fully saturated rings. The third kappa shape index (κ3) is 5.59. The predicted molar refractivity (Wildman–Crippen MR) is 117 cm³/mol. The highest BCUT2D eigenvalue weighted by Crippen LogP contribution is 2.32. The topological polar surface area (TPSA) is 49.9 Å². The first-order valence-corrected chi connectivity index (χ1v) is 12.4. The molecule has 184 valence electrons. The summed E-state index contributed by atoms with van der Waals surface area (Å²) in [6.07, 6.45) is -1.73. The molecule has 0 radical (unpaired) electrons. The number of rotatable bonds is 6. The molecule has 5 nitrogen and oxygen atoms in total. The van der Waals surface area contributed by atoms with E-state index < -0.39 is 45.3 Å². The molecule has 0 unspecified atom stereocenters. The lowest BCUT2D eigenvalue weighted by molar-refractivity contribution is -0.137. The molecule has 0 N–H and O–H groups in total. The molecular weight excluding hydrogens is 479 g/mol. The van der Waals surface area contributed by atoms with Crippen LogP contribution in [0.2, 0.25) is 0 Å². The van der Waals surface area contributed by atoms with E-state index in [1.165, 1.54) is 28.6 Å². The Bertz CT molecular complexity index is 1170. The summed E-state index contributed by atoms with van der Waals surface area (Å²) in [7, 11) is -3.33. The standard InChI is InChI=1S/C23H23F5N2O3S/c1-34(31,32)30-8-6-16(7-9-30)17-10-20(24)22(21(25)11-17)33-19-13-29(14-19)12-15-2-4-18(5-3-15)23(26,27)28/h2-6,10-11,19H,7-9,12-14H2,1H3. The zero-order valence-electron chi connectivity index (χ0n) is 18.3. The van der Waals surface area contributed by atoms with E-state index in [2.05, 4.69) is 0 Å². The molecule has 0 aromatic heterocycles. The Kier molecular flexibility index (Phi) is 6.71. The van der Waals surface area contributed by atoms with Gasteiger partial charge in [0, 0.05) is 32.7 Å². The van der Waals surface area contributed by atoms with Crippen LogP contribution in [0.5, 0.6) is 5.75 Å². The van der Waals surface area contributed by atoms with Crippen LogP contribution in [0.3, 0.4) is 0 Å². The minimum atomic E-state index is -4.39. The third-order valence-corrected chi connectivity index (χ3v) is 7.18. The Labute approximate surface area is 194 Å². The zero-order chi connectivity index (χ0) is 24.7. The second kappa shape index (κ2) is 9.27. The number of benzene rings is 2. The Hall–Kier alpha value is -2.50. The number of halogens is 5. The lowest BCUT2D eigenvalue weighted by Crippen LogP contribution is -2.53. The lowest BCUT2D eigenvalue weighted by atomic mass is 9.99. The van der Waals surface area contributed by atoms with Crippen LogP contribution in [0.25, 0.3) is 5.57 Å². The van der Waals surface area contributed by atoms with E-state index in [1.807, 2.05) is 4.90 Å². The lowest BCUT2D eigenvalue weighted by Gasteiger charge is -2.39. The Morgan fingerprint density at radius 1 is 1.06 bits per heavy atom. The number of alkyl halides is 3. The fraction of sp³-hybridized carbons (Fsp3) is 0.391. The largest absolute Gasteiger partial charge is 0.482 e. The molecule has 2 aliphatic rings. The maximum atomic E-state index is 14.6. The van der Waals surface area contributed by atoms with Crippen molar-refractivity contribution in [2.45, 2.75) is 25.2 Å².